The molecule has 0 aliphatic heterocycles. The fourth-order valence-corrected chi connectivity index (χ4v) is 3.67. The lowest BCUT2D eigenvalue weighted by atomic mass is 10.1. The number of hydrogen-bond donors (Lipinski definition) is 2. The minimum atomic E-state index is -0.347. The Hall–Kier alpha value is -3.46. The van der Waals surface area contributed by atoms with Crippen LogP contribution in [0.3, 0.4) is 0 Å². The molecule has 146 valence electrons. The van der Waals surface area contributed by atoms with E-state index in [0.717, 1.165) is 16.8 Å². The molecule has 2 aromatic carbocycles. The Morgan fingerprint density at radius 1 is 1.10 bits per heavy atom. The van der Waals surface area contributed by atoms with E-state index in [0.29, 0.717) is 10.7 Å². The first-order valence-corrected chi connectivity index (χ1v) is 9.90. The van der Waals surface area contributed by atoms with Crippen molar-refractivity contribution in [3.63, 3.8) is 0 Å². The van der Waals surface area contributed by atoms with Crippen LogP contribution in [-0.2, 0) is 4.79 Å². The van der Waals surface area contributed by atoms with Crippen molar-refractivity contribution in [3.8, 4) is 11.3 Å². The van der Waals surface area contributed by atoms with Crippen molar-refractivity contribution in [2.24, 2.45) is 0 Å². The molecule has 0 saturated carbocycles. The van der Waals surface area contributed by atoms with Gasteiger partial charge in [-0.15, -0.1) is 10.2 Å². The van der Waals surface area contributed by atoms with Gasteiger partial charge in [0.05, 0.1) is 5.75 Å². The molecule has 0 atom stereocenters. The average molecular weight is 406 g/mol. The zero-order valence-corrected chi connectivity index (χ0v) is 16.7. The van der Waals surface area contributed by atoms with Crippen molar-refractivity contribution in [1.29, 1.82) is 0 Å². The SMILES string of the molecule is Cc1cc(C)cc(NC(=O)CSc2nnc3[nH]c(=O)c(-c4ccccc4)nn23)c1. The number of aryl methyl sites for hydroxylation is 2. The number of anilines is 1. The number of hydrogen-bond acceptors (Lipinski definition) is 6. The predicted molar refractivity (Wildman–Crippen MR) is 112 cm³/mol. The zero-order chi connectivity index (χ0) is 20.4. The van der Waals surface area contributed by atoms with Crippen molar-refractivity contribution in [2.45, 2.75) is 19.0 Å². The number of rotatable bonds is 5. The second-order valence-electron chi connectivity index (χ2n) is 6.60. The number of benzene rings is 2. The van der Waals surface area contributed by atoms with Crippen LogP contribution in [-0.4, -0.2) is 36.5 Å². The maximum atomic E-state index is 12.3. The van der Waals surface area contributed by atoms with E-state index < -0.39 is 0 Å². The normalized spacial score (nSPS) is 11.0. The topological polar surface area (TPSA) is 105 Å². The van der Waals surface area contributed by atoms with Crippen molar-refractivity contribution in [1.82, 2.24) is 24.8 Å². The summed E-state index contributed by atoms with van der Waals surface area (Å²) < 4.78 is 1.44. The summed E-state index contributed by atoms with van der Waals surface area (Å²) in [7, 11) is 0. The van der Waals surface area contributed by atoms with Crippen LogP contribution >= 0.6 is 11.8 Å². The smallest absolute Gasteiger partial charge is 0.279 e. The highest BCUT2D eigenvalue weighted by Gasteiger charge is 2.14. The second kappa shape index (κ2) is 7.88. The minimum absolute atomic E-state index is 0.134. The maximum absolute atomic E-state index is 12.3. The van der Waals surface area contributed by atoms with Crippen LogP contribution in [0.2, 0.25) is 0 Å². The summed E-state index contributed by atoms with van der Waals surface area (Å²) in [6.45, 7) is 3.97. The third kappa shape index (κ3) is 4.19. The Labute approximate surface area is 170 Å². The first-order valence-electron chi connectivity index (χ1n) is 8.92. The van der Waals surface area contributed by atoms with Crippen LogP contribution in [0.5, 0.6) is 0 Å². The molecular formula is C20H18N6O2S. The van der Waals surface area contributed by atoms with Gasteiger partial charge >= 0.3 is 0 Å². The van der Waals surface area contributed by atoms with E-state index >= 15 is 0 Å². The first-order chi connectivity index (χ1) is 14.0. The number of amides is 1. The third-order valence-corrected chi connectivity index (χ3v) is 5.06. The summed E-state index contributed by atoms with van der Waals surface area (Å²) in [6.07, 6.45) is 0. The molecule has 0 aliphatic carbocycles. The second-order valence-corrected chi connectivity index (χ2v) is 7.54. The van der Waals surface area contributed by atoms with E-state index in [-0.39, 0.29) is 28.7 Å². The number of fused-ring (bicyclic) bond motifs is 1. The number of nitrogens with zero attached hydrogens (tertiary/aromatic N) is 4. The lowest BCUT2D eigenvalue weighted by Crippen LogP contribution is -2.16. The summed E-state index contributed by atoms with van der Waals surface area (Å²) in [6, 6.07) is 15.0. The summed E-state index contributed by atoms with van der Waals surface area (Å²) in [5.41, 5.74) is 3.52. The number of nitrogens with one attached hydrogen (secondary N) is 2. The molecule has 0 unspecified atom stereocenters. The zero-order valence-electron chi connectivity index (χ0n) is 15.8. The van der Waals surface area contributed by atoms with Gasteiger partial charge in [-0.2, -0.15) is 9.61 Å². The number of thioether (sulfide) groups is 1. The Morgan fingerprint density at radius 2 is 1.83 bits per heavy atom. The minimum Gasteiger partial charge on any atom is -0.325 e. The van der Waals surface area contributed by atoms with Crippen LogP contribution in [0.1, 0.15) is 11.1 Å². The molecule has 0 saturated heterocycles. The van der Waals surface area contributed by atoms with Crippen LogP contribution in [0.15, 0.2) is 58.5 Å². The molecule has 9 heteroatoms. The maximum Gasteiger partial charge on any atom is 0.279 e. The number of aromatic amines is 1. The molecule has 0 aliphatic rings. The summed E-state index contributed by atoms with van der Waals surface area (Å²) in [5, 5.41) is 15.7. The number of carbonyl (C=O) groups excluding carboxylic acids is 1. The predicted octanol–water partition coefficient (Wildman–Crippen LogP) is 2.83. The van der Waals surface area contributed by atoms with Gasteiger partial charge in [0.2, 0.25) is 11.1 Å². The summed E-state index contributed by atoms with van der Waals surface area (Å²) >= 11 is 1.19. The molecule has 29 heavy (non-hydrogen) atoms. The van der Waals surface area contributed by atoms with Crippen molar-refractivity contribution in [2.75, 3.05) is 11.1 Å². The highest BCUT2D eigenvalue weighted by molar-refractivity contribution is 7.99. The molecular weight excluding hydrogens is 388 g/mol. The summed E-state index contributed by atoms with van der Waals surface area (Å²) in [4.78, 5) is 27.3. The molecule has 1 amide bonds. The highest BCUT2D eigenvalue weighted by Crippen LogP contribution is 2.18. The molecule has 2 aromatic heterocycles. The van der Waals surface area contributed by atoms with Crippen molar-refractivity contribution in [3.05, 3.63) is 70.0 Å². The molecule has 4 rings (SSSR count). The fourth-order valence-electron chi connectivity index (χ4n) is 2.99. The van der Waals surface area contributed by atoms with Gasteiger partial charge in [-0.25, -0.2) is 0 Å². The largest absolute Gasteiger partial charge is 0.325 e. The average Bonchev–Trinajstić information content (AvgIpc) is 3.07. The first kappa shape index (κ1) is 18.9. The van der Waals surface area contributed by atoms with Gasteiger partial charge in [0.1, 0.15) is 0 Å². The van der Waals surface area contributed by atoms with Crippen molar-refractivity contribution < 1.29 is 4.79 Å². The van der Waals surface area contributed by atoms with E-state index in [4.69, 9.17) is 0 Å². The Bertz CT molecular complexity index is 1230. The van der Waals surface area contributed by atoms with Gasteiger partial charge in [-0.05, 0) is 37.1 Å². The van der Waals surface area contributed by atoms with Gasteiger partial charge < -0.3 is 5.32 Å². The van der Waals surface area contributed by atoms with E-state index in [1.54, 1.807) is 12.1 Å². The lowest BCUT2D eigenvalue weighted by Gasteiger charge is -2.07. The number of aromatic nitrogens is 5. The van der Waals surface area contributed by atoms with Crippen molar-refractivity contribution >= 4 is 29.1 Å². The fraction of sp³-hybridized carbons (Fsp3) is 0.150. The van der Waals surface area contributed by atoms with Gasteiger partial charge in [0.25, 0.3) is 11.3 Å². The molecule has 0 fully saturated rings. The molecule has 2 heterocycles. The monoisotopic (exact) mass is 406 g/mol. The van der Waals surface area contributed by atoms with E-state index in [9.17, 15) is 9.59 Å². The lowest BCUT2D eigenvalue weighted by molar-refractivity contribution is -0.113. The van der Waals surface area contributed by atoms with E-state index in [1.165, 1.54) is 16.3 Å². The Balaban J connectivity index is 1.54. The standard InChI is InChI=1S/C20H18N6O2S/c1-12-8-13(2)10-15(9-12)21-16(27)11-29-20-24-23-19-22-18(28)17(25-26(19)20)14-6-4-3-5-7-14/h3-10H,11H2,1-2H3,(H,21,27)(H,22,23,28). The van der Waals surface area contributed by atoms with E-state index in [1.807, 2.05) is 50.2 Å². The van der Waals surface area contributed by atoms with Crippen LogP contribution in [0.4, 0.5) is 5.69 Å². The van der Waals surface area contributed by atoms with Crippen LogP contribution in [0.25, 0.3) is 17.0 Å². The van der Waals surface area contributed by atoms with Gasteiger partial charge in [0, 0.05) is 11.3 Å². The van der Waals surface area contributed by atoms with Gasteiger partial charge in [-0.3, -0.25) is 14.6 Å². The summed E-state index contributed by atoms with van der Waals surface area (Å²) in [5.74, 6) is 0.200. The van der Waals surface area contributed by atoms with Crippen LogP contribution < -0.4 is 10.9 Å². The molecule has 0 spiro atoms. The van der Waals surface area contributed by atoms with Gasteiger partial charge in [0.15, 0.2) is 5.69 Å². The molecule has 4 aromatic rings. The van der Waals surface area contributed by atoms with Crippen LogP contribution in [0, 0.1) is 13.8 Å². The number of H-pyrrole nitrogens is 1. The Morgan fingerprint density at radius 3 is 2.55 bits per heavy atom. The molecule has 0 bridgehead atoms. The van der Waals surface area contributed by atoms with E-state index in [2.05, 4.69) is 25.6 Å². The third-order valence-electron chi connectivity index (χ3n) is 4.14. The van der Waals surface area contributed by atoms with Gasteiger partial charge in [-0.1, -0.05) is 48.2 Å². The quantitative estimate of drug-likeness (QED) is 0.494. The molecule has 8 nitrogen and oxygen atoms in total. The highest BCUT2D eigenvalue weighted by atomic mass is 32.2. The number of carbonyl (C=O) groups is 1. The molecule has 0 radical (unpaired) electrons. The Kier molecular flexibility index (Phi) is 5.13. The molecule has 2 N–H and O–H groups in total.